The molecule has 0 saturated carbocycles. The highest BCUT2D eigenvalue weighted by molar-refractivity contribution is 5.58. The van der Waals surface area contributed by atoms with Crippen molar-refractivity contribution in [1.29, 1.82) is 0 Å². The Labute approximate surface area is 249 Å². The first-order valence-electron chi connectivity index (χ1n) is 14.7. The highest BCUT2D eigenvalue weighted by Crippen LogP contribution is 2.32. The summed E-state index contributed by atoms with van der Waals surface area (Å²) in [6, 6.07) is 16.4. The molecule has 218 valence electrons. The van der Waals surface area contributed by atoms with E-state index in [1.807, 2.05) is 18.2 Å². The van der Waals surface area contributed by atoms with Crippen molar-refractivity contribution >= 4 is 22.7 Å². The number of anilines is 4. The lowest BCUT2D eigenvalue weighted by atomic mass is 10.1. The van der Waals surface area contributed by atoms with Crippen molar-refractivity contribution in [2.24, 2.45) is 0 Å². The molecule has 39 heavy (non-hydrogen) atoms. The van der Waals surface area contributed by atoms with E-state index in [1.54, 1.807) is 0 Å². The van der Waals surface area contributed by atoms with Gasteiger partial charge in [0, 0.05) is 74.4 Å². The number of quaternary nitrogens is 2. The van der Waals surface area contributed by atoms with Crippen LogP contribution in [0.3, 0.4) is 0 Å². The Bertz CT molecular complexity index is 1050. The van der Waals surface area contributed by atoms with Gasteiger partial charge in [0.2, 0.25) is 0 Å². The van der Waals surface area contributed by atoms with Gasteiger partial charge < -0.3 is 55.0 Å². The van der Waals surface area contributed by atoms with Crippen molar-refractivity contribution in [2.45, 2.75) is 57.5 Å². The van der Waals surface area contributed by atoms with Gasteiger partial charge in [-0.15, -0.1) is 0 Å². The molecule has 4 N–H and O–H groups in total. The molecule has 8 heteroatoms. The van der Waals surface area contributed by atoms with Crippen LogP contribution in [0.2, 0.25) is 0 Å². The molecule has 6 rings (SSSR count). The molecule has 4 heterocycles. The summed E-state index contributed by atoms with van der Waals surface area (Å²) in [6.07, 6.45) is 8.31. The highest BCUT2D eigenvalue weighted by Gasteiger charge is 2.41. The average molecular weight is 578 g/mol. The Morgan fingerprint density at radius 3 is 1.56 bits per heavy atom. The largest absolute Gasteiger partial charge is 1.00 e. The van der Waals surface area contributed by atoms with Crippen LogP contribution in [0.1, 0.15) is 44.1 Å². The normalized spacial score (nSPS) is 25.0. The molecule has 4 fully saturated rings. The van der Waals surface area contributed by atoms with E-state index in [9.17, 15) is 0 Å². The number of nitrogen functional groups attached to an aromatic ring is 2. The van der Waals surface area contributed by atoms with Crippen molar-refractivity contribution in [1.82, 2.24) is 0 Å². The van der Waals surface area contributed by atoms with Gasteiger partial charge in [0.25, 0.3) is 0 Å². The molecule has 0 bridgehead atoms. The summed E-state index contributed by atoms with van der Waals surface area (Å²) in [5, 5.41) is 0. The van der Waals surface area contributed by atoms with Gasteiger partial charge in [0.1, 0.15) is 12.1 Å². The molecule has 4 aliphatic heterocycles. The van der Waals surface area contributed by atoms with E-state index < -0.39 is 0 Å². The van der Waals surface area contributed by atoms with Crippen molar-refractivity contribution in [3.8, 4) is 0 Å². The van der Waals surface area contributed by atoms with Crippen LogP contribution in [0.15, 0.2) is 42.5 Å². The zero-order valence-corrected chi connectivity index (χ0v) is 25.8. The first-order chi connectivity index (χ1) is 17.8. The standard InChI is InChI=1S/C16H26N3.C15H24N3.2ClH/c1-13-11-14(5-6-16(13)17)18-8-7-15(12-18)19(2)9-3-4-10-19;1-18(10-2-3-11-18)15-8-9-17(12-15)14-6-4-13(16)5-7-14;;/h5-6,11,15H,3-4,7-10,12,17H2,1-2H3;4-7,15H,2-3,8-12,16H2,1H3;2*1H/q2*+1;;/p-2. The summed E-state index contributed by atoms with van der Waals surface area (Å²) in [7, 11) is 4.90. The maximum Gasteiger partial charge on any atom is 0.108 e. The number of aryl methyl sites for hydroxylation is 1. The maximum atomic E-state index is 5.91. The SMILES string of the molecule is C[N+]1(C2CCN(c3ccc(N)cc3)C2)CCCC1.Cc1cc(N2CCC([N+]3(C)CCCC3)C2)ccc1N.[Cl-].[Cl-]. The van der Waals surface area contributed by atoms with Crippen LogP contribution in [-0.2, 0) is 0 Å². The third-order valence-corrected chi connectivity index (χ3v) is 10.1. The third-order valence-electron chi connectivity index (χ3n) is 10.1. The van der Waals surface area contributed by atoms with Gasteiger partial charge in [-0.2, -0.15) is 0 Å². The van der Waals surface area contributed by atoms with Crippen molar-refractivity contribution in [3.63, 3.8) is 0 Å². The van der Waals surface area contributed by atoms with Gasteiger partial charge in [0.05, 0.1) is 53.4 Å². The smallest absolute Gasteiger partial charge is 0.108 e. The molecule has 0 amide bonds. The number of hydrogen-bond acceptors (Lipinski definition) is 4. The number of benzene rings is 2. The van der Waals surface area contributed by atoms with Crippen LogP contribution in [0, 0.1) is 6.92 Å². The van der Waals surface area contributed by atoms with E-state index in [1.165, 1.54) is 117 Å². The van der Waals surface area contributed by atoms with E-state index in [4.69, 9.17) is 11.5 Å². The molecule has 4 saturated heterocycles. The number of hydrogen-bond donors (Lipinski definition) is 2. The molecule has 4 aliphatic rings. The summed E-state index contributed by atoms with van der Waals surface area (Å²) in [5.41, 5.74) is 17.3. The number of nitrogens with zero attached hydrogens (tertiary/aromatic N) is 4. The molecule has 0 aliphatic carbocycles. The molecule has 6 nitrogen and oxygen atoms in total. The average Bonchev–Trinajstić information content (AvgIpc) is 3.69. The Hall–Kier alpha value is -1.86. The maximum absolute atomic E-state index is 5.91. The van der Waals surface area contributed by atoms with Crippen LogP contribution in [0.4, 0.5) is 22.7 Å². The van der Waals surface area contributed by atoms with Gasteiger partial charge >= 0.3 is 0 Å². The van der Waals surface area contributed by atoms with Crippen molar-refractivity contribution < 1.29 is 33.8 Å². The lowest BCUT2D eigenvalue weighted by Crippen LogP contribution is -3.00. The molecular weight excluding hydrogens is 527 g/mol. The summed E-state index contributed by atoms with van der Waals surface area (Å²) < 4.78 is 2.59. The molecule has 2 aromatic carbocycles. The fourth-order valence-electron chi connectivity index (χ4n) is 7.36. The number of nitrogens with two attached hydrogens (primary N) is 2. The van der Waals surface area contributed by atoms with Gasteiger partial charge in [-0.1, -0.05) is 0 Å². The predicted molar refractivity (Wildman–Crippen MR) is 158 cm³/mol. The molecule has 2 aromatic rings. The molecular formula is C31H50Cl2N6. The summed E-state index contributed by atoms with van der Waals surface area (Å²) in [6.45, 7) is 12.4. The van der Waals surface area contributed by atoms with Crippen LogP contribution >= 0.6 is 0 Å². The van der Waals surface area contributed by atoms with Crippen LogP contribution in [-0.4, -0.2) is 87.5 Å². The third kappa shape index (κ3) is 7.08. The lowest BCUT2D eigenvalue weighted by Gasteiger charge is -2.35. The van der Waals surface area contributed by atoms with Crippen LogP contribution in [0.25, 0.3) is 0 Å². The van der Waals surface area contributed by atoms with Crippen molar-refractivity contribution in [2.75, 3.05) is 87.7 Å². The second-order valence-electron chi connectivity index (χ2n) is 12.7. The number of halogens is 2. The Morgan fingerprint density at radius 2 is 1.10 bits per heavy atom. The van der Waals surface area contributed by atoms with Crippen LogP contribution < -0.4 is 46.1 Å². The fourth-order valence-corrected chi connectivity index (χ4v) is 7.36. The first kappa shape index (κ1) is 31.7. The monoisotopic (exact) mass is 576 g/mol. The van der Waals surface area contributed by atoms with Crippen LogP contribution in [0.5, 0.6) is 0 Å². The van der Waals surface area contributed by atoms with E-state index in [2.05, 4.69) is 55.1 Å². The molecule has 2 atom stereocenters. The number of likely N-dealkylation sites (N-methyl/N-ethyl adjacent to an activating group) is 2. The van der Waals surface area contributed by atoms with Crippen molar-refractivity contribution in [3.05, 3.63) is 48.0 Å². The predicted octanol–water partition coefficient (Wildman–Crippen LogP) is -1.51. The van der Waals surface area contributed by atoms with Gasteiger partial charge in [0.15, 0.2) is 0 Å². The summed E-state index contributed by atoms with van der Waals surface area (Å²) in [5.74, 6) is 0. The van der Waals surface area contributed by atoms with E-state index in [0.29, 0.717) is 0 Å². The van der Waals surface area contributed by atoms with Gasteiger partial charge in [-0.05, 0) is 55.0 Å². The highest BCUT2D eigenvalue weighted by atomic mass is 35.5. The first-order valence-corrected chi connectivity index (χ1v) is 14.7. The summed E-state index contributed by atoms with van der Waals surface area (Å²) >= 11 is 0. The van der Waals surface area contributed by atoms with Gasteiger partial charge in [-0.25, -0.2) is 0 Å². The minimum absolute atomic E-state index is 0. The molecule has 0 spiro atoms. The quantitative estimate of drug-likeness (QED) is 0.343. The number of rotatable bonds is 4. The molecule has 0 aromatic heterocycles. The Morgan fingerprint density at radius 1 is 0.667 bits per heavy atom. The van der Waals surface area contributed by atoms with E-state index in [0.717, 1.165) is 23.5 Å². The molecule has 2 unspecified atom stereocenters. The zero-order chi connectivity index (χ0) is 26.0. The topological polar surface area (TPSA) is 58.5 Å². The van der Waals surface area contributed by atoms with E-state index in [-0.39, 0.29) is 24.8 Å². The second-order valence-corrected chi connectivity index (χ2v) is 12.7. The minimum atomic E-state index is 0. The Balaban J connectivity index is 0.000000205. The fraction of sp³-hybridized carbons (Fsp3) is 0.613. The summed E-state index contributed by atoms with van der Waals surface area (Å²) in [4.78, 5) is 5.06. The Kier molecular flexibility index (Phi) is 10.7. The zero-order valence-electron chi connectivity index (χ0n) is 24.3. The minimum Gasteiger partial charge on any atom is -1.00 e. The van der Waals surface area contributed by atoms with E-state index >= 15 is 0 Å². The second kappa shape index (κ2) is 13.2. The number of likely N-dealkylation sites (tertiary alicyclic amines) is 2. The molecule has 0 radical (unpaired) electrons. The van der Waals surface area contributed by atoms with Gasteiger partial charge in [-0.3, -0.25) is 0 Å². The lowest BCUT2D eigenvalue weighted by molar-refractivity contribution is -0.919.